The number of hydrogen-bond donors (Lipinski definition) is 1. The number of methoxy groups -OCH3 is 2. The van der Waals surface area contributed by atoms with Crippen LogP contribution < -0.4 is 19.7 Å². The van der Waals surface area contributed by atoms with Gasteiger partial charge in [0, 0.05) is 50.0 Å². The van der Waals surface area contributed by atoms with Crippen LogP contribution in [0.5, 0.6) is 11.5 Å². The van der Waals surface area contributed by atoms with Crippen molar-refractivity contribution < 1.29 is 14.3 Å². The molecule has 0 saturated carbocycles. The van der Waals surface area contributed by atoms with E-state index in [0.717, 1.165) is 43.1 Å². The van der Waals surface area contributed by atoms with Gasteiger partial charge in [-0.1, -0.05) is 6.07 Å². The summed E-state index contributed by atoms with van der Waals surface area (Å²) in [6.45, 7) is 6.36. The van der Waals surface area contributed by atoms with Crippen molar-refractivity contribution in [1.29, 1.82) is 0 Å². The number of pyridine rings is 1. The molecular weight excluding hydrogens is 356 g/mol. The second-order valence-electron chi connectivity index (χ2n) is 7.00. The summed E-state index contributed by atoms with van der Waals surface area (Å²) in [6.07, 6.45) is 1.82. The molecule has 2 aromatic rings. The van der Waals surface area contributed by atoms with E-state index in [-0.39, 0.29) is 5.91 Å². The lowest BCUT2D eigenvalue weighted by Gasteiger charge is -2.33. The number of benzene rings is 1. The van der Waals surface area contributed by atoms with Gasteiger partial charge in [-0.2, -0.15) is 0 Å². The largest absolute Gasteiger partial charge is 0.496 e. The first-order valence-electron chi connectivity index (χ1n) is 9.41. The van der Waals surface area contributed by atoms with Gasteiger partial charge in [-0.05, 0) is 37.7 Å². The lowest BCUT2D eigenvalue weighted by molar-refractivity contribution is 0.0950. The van der Waals surface area contributed by atoms with Gasteiger partial charge >= 0.3 is 0 Å². The molecule has 0 aliphatic carbocycles. The fourth-order valence-electron chi connectivity index (χ4n) is 3.25. The minimum absolute atomic E-state index is 0.181. The molecule has 150 valence electrons. The van der Waals surface area contributed by atoms with Gasteiger partial charge in [-0.25, -0.2) is 4.98 Å². The molecule has 0 atom stereocenters. The van der Waals surface area contributed by atoms with Crippen LogP contribution in [0.3, 0.4) is 0 Å². The second-order valence-corrected chi connectivity index (χ2v) is 7.00. The van der Waals surface area contributed by atoms with Gasteiger partial charge in [0.25, 0.3) is 5.91 Å². The molecule has 1 aromatic heterocycles. The number of carbonyl (C=O) groups excluding carboxylic acids is 1. The minimum atomic E-state index is -0.181. The van der Waals surface area contributed by atoms with Crippen molar-refractivity contribution in [3.63, 3.8) is 0 Å². The lowest BCUT2D eigenvalue weighted by Crippen LogP contribution is -2.44. The fraction of sp³-hybridized carbons (Fsp3) is 0.429. The number of nitrogens with one attached hydrogen (secondary N) is 1. The van der Waals surface area contributed by atoms with E-state index in [1.165, 1.54) is 0 Å². The van der Waals surface area contributed by atoms with Crippen molar-refractivity contribution in [1.82, 2.24) is 15.2 Å². The monoisotopic (exact) mass is 384 g/mol. The van der Waals surface area contributed by atoms with Gasteiger partial charge in [-0.3, -0.25) is 4.79 Å². The van der Waals surface area contributed by atoms with Gasteiger partial charge in [-0.15, -0.1) is 0 Å². The topological polar surface area (TPSA) is 66.9 Å². The molecule has 7 nitrogen and oxygen atoms in total. The number of amides is 1. The Labute approximate surface area is 166 Å². The van der Waals surface area contributed by atoms with Crippen molar-refractivity contribution in [3.05, 3.63) is 47.2 Å². The van der Waals surface area contributed by atoms with E-state index in [1.807, 2.05) is 25.3 Å². The Morgan fingerprint density at radius 2 is 1.75 bits per heavy atom. The summed E-state index contributed by atoms with van der Waals surface area (Å²) >= 11 is 0. The molecule has 0 radical (unpaired) electrons. The first-order valence-corrected chi connectivity index (χ1v) is 9.41. The quantitative estimate of drug-likeness (QED) is 0.823. The van der Waals surface area contributed by atoms with E-state index >= 15 is 0 Å². The predicted octanol–water partition coefficient (Wildman–Crippen LogP) is 2.09. The maximum absolute atomic E-state index is 12.6. The summed E-state index contributed by atoms with van der Waals surface area (Å²) in [5.41, 5.74) is 2.32. The number of piperazine rings is 1. The van der Waals surface area contributed by atoms with Crippen LogP contribution in [0, 0.1) is 6.92 Å². The third-order valence-corrected chi connectivity index (χ3v) is 5.10. The summed E-state index contributed by atoms with van der Waals surface area (Å²) in [6, 6.07) is 7.48. The van der Waals surface area contributed by atoms with Crippen molar-refractivity contribution in [2.75, 3.05) is 52.3 Å². The third-order valence-electron chi connectivity index (χ3n) is 5.10. The van der Waals surface area contributed by atoms with Crippen LogP contribution in [0.1, 0.15) is 21.5 Å². The van der Waals surface area contributed by atoms with E-state index in [9.17, 15) is 4.79 Å². The summed E-state index contributed by atoms with van der Waals surface area (Å²) in [7, 11) is 5.30. The molecule has 28 heavy (non-hydrogen) atoms. The molecule has 0 bridgehead atoms. The number of carbonyl (C=O) groups is 1. The number of anilines is 1. The van der Waals surface area contributed by atoms with Crippen molar-refractivity contribution in [3.8, 4) is 11.5 Å². The zero-order valence-electron chi connectivity index (χ0n) is 17.0. The zero-order valence-corrected chi connectivity index (χ0v) is 17.0. The first kappa shape index (κ1) is 19.9. The lowest BCUT2D eigenvalue weighted by atomic mass is 10.1. The Balaban J connectivity index is 1.62. The molecule has 0 unspecified atom stereocenters. The zero-order chi connectivity index (χ0) is 20.1. The molecule has 7 heteroatoms. The van der Waals surface area contributed by atoms with E-state index in [4.69, 9.17) is 9.47 Å². The third kappa shape index (κ3) is 4.54. The molecule has 1 aliphatic rings. The smallest absolute Gasteiger partial charge is 0.251 e. The highest BCUT2D eigenvalue weighted by Gasteiger charge is 2.16. The van der Waals surface area contributed by atoms with Crippen molar-refractivity contribution in [2.24, 2.45) is 0 Å². The normalized spacial score (nSPS) is 14.6. The number of ether oxygens (including phenoxy) is 2. The number of nitrogens with zero attached hydrogens (tertiary/aromatic N) is 3. The second kappa shape index (κ2) is 8.93. The predicted molar refractivity (Wildman–Crippen MR) is 109 cm³/mol. The molecule has 1 saturated heterocycles. The van der Waals surface area contributed by atoms with Gasteiger partial charge in [0.1, 0.15) is 17.3 Å². The SMILES string of the molecule is COc1cc(C(=O)NCc2ccc(N3CCN(C)CC3)nc2)cc(OC)c1C. The van der Waals surface area contributed by atoms with Crippen LogP contribution in [0.15, 0.2) is 30.5 Å². The average Bonchev–Trinajstić information content (AvgIpc) is 2.73. The Hall–Kier alpha value is -2.80. The standard InChI is InChI=1S/C21H28N4O3/c1-15-18(27-3)11-17(12-19(15)28-4)21(26)23-14-16-5-6-20(22-13-16)25-9-7-24(2)8-10-25/h5-6,11-13H,7-10,14H2,1-4H3,(H,23,26). The van der Waals surface area contributed by atoms with Gasteiger partial charge < -0.3 is 24.6 Å². The minimum Gasteiger partial charge on any atom is -0.496 e. The van der Waals surface area contributed by atoms with Crippen LogP contribution in [-0.2, 0) is 6.54 Å². The summed E-state index contributed by atoms with van der Waals surface area (Å²) < 4.78 is 10.7. The number of likely N-dealkylation sites (N-methyl/N-ethyl adjacent to an activating group) is 1. The first-order chi connectivity index (χ1) is 13.5. The molecule has 1 aromatic carbocycles. The van der Waals surface area contributed by atoms with E-state index < -0.39 is 0 Å². The van der Waals surface area contributed by atoms with E-state index in [1.54, 1.807) is 26.4 Å². The van der Waals surface area contributed by atoms with E-state index in [0.29, 0.717) is 23.6 Å². The molecule has 0 spiro atoms. The summed E-state index contributed by atoms with van der Waals surface area (Å²) in [5, 5.41) is 2.93. The summed E-state index contributed by atoms with van der Waals surface area (Å²) in [4.78, 5) is 21.7. The highest BCUT2D eigenvalue weighted by molar-refractivity contribution is 5.95. The average molecular weight is 384 g/mol. The summed E-state index contributed by atoms with van der Waals surface area (Å²) in [5.74, 6) is 2.06. The van der Waals surface area contributed by atoms with Crippen molar-refractivity contribution in [2.45, 2.75) is 13.5 Å². The Kier molecular flexibility index (Phi) is 6.36. The van der Waals surface area contributed by atoms with Gasteiger partial charge in [0.2, 0.25) is 0 Å². The Morgan fingerprint density at radius 1 is 1.11 bits per heavy atom. The van der Waals surface area contributed by atoms with Crippen LogP contribution >= 0.6 is 0 Å². The molecule has 1 aliphatic heterocycles. The van der Waals surface area contributed by atoms with Crippen LogP contribution in [0.25, 0.3) is 0 Å². The van der Waals surface area contributed by atoms with Gasteiger partial charge in [0.15, 0.2) is 0 Å². The molecule has 3 rings (SSSR count). The van der Waals surface area contributed by atoms with Crippen LogP contribution in [0.4, 0.5) is 5.82 Å². The molecular formula is C21H28N4O3. The molecule has 1 N–H and O–H groups in total. The number of aromatic nitrogens is 1. The van der Waals surface area contributed by atoms with Crippen LogP contribution in [-0.4, -0.2) is 63.2 Å². The Morgan fingerprint density at radius 3 is 2.29 bits per heavy atom. The Bertz CT molecular complexity index is 790. The van der Waals surface area contributed by atoms with Gasteiger partial charge in [0.05, 0.1) is 14.2 Å². The fourth-order valence-corrected chi connectivity index (χ4v) is 3.25. The molecule has 2 heterocycles. The number of hydrogen-bond acceptors (Lipinski definition) is 6. The van der Waals surface area contributed by atoms with Crippen molar-refractivity contribution >= 4 is 11.7 Å². The van der Waals surface area contributed by atoms with Crippen LogP contribution in [0.2, 0.25) is 0 Å². The maximum Gasteiger partial charge on any atom is 0.251 e. The molecule has 1 fully saturated rings. The maximum atomic E-state index is 12.6. The molecule has 1 amide bonds. The highest BCUT2D eigenvalue weighted by Crippen LogP contribution is 2.29. The van der Waals surface area contributed by atoms with E-state index in [2.05, 4.69) is 27.1 Å². The number of rotatable bonds is 6. The highest BCUT2D eigenvalue weighted by atomic mass is 16.5.